The van der Waals surface area contributed by atoms with E-state index < -0.39 is 0 Å². The monoisotopic (exact) mass is 297 g/mol. The minimum Gasteiger partial charge on any atom is -0.395 e. The molecule has 0 aliphatic heterocycles. The third-order valence-electron chi connectivity index (χ3n) is 3.34. The van der Waals surface area contributed by atoms with E-state index in [4.69, 9.17) is 5.11 Å². The van der Waals surface area contributed by atoms with Gasteiger partial charge in [0.25, 0.3) is 5.91 Å². The maximum atomic E-state index is 11.9. The lowest BCUT2D eigenvalue weighted by molar-refractivity contribution is 0.0939. The van der Waals surface area contributed by atoms with Crippen molar-refractivity contribution in [3.8, 4) is 5.69 Å². The van der Waals surface area contributed by atoms with E-state index in [9.17, 15) is 4.79 Å². The lowest BCUT2D eigenvalue weighted by atomic mass is 10.2. The topological polar surface area (TPSA) is 92.9 Å². The van der Waals surface area contributed by atoms with E-state index in [0.29, 0.717) is 5.69 Å². The van der Waals surface area contributed by atoms with Crippen LogP contribution < -0.4 is 5.32 Å². The summed E-state index contributed by atoms with van der Waals surface area (Å²) < 4.78 is 1.61. The maximum Gasteiger partial charge on any atom is 0.273 e. The van der Waals surface area contributed by atoms with Gasteiger partial charge in [0.15, 0.2) is 5.69 Å². The SMILES string of the molecule is Cc1c(C(=O)NCCO)nnn1-c1ccc2ncccc2c1. The molecule has 22 heavy (non-hydrogen) atoms. The van der Waals surface area contributed by atoms with E-state index in [1.54, 1.807) is 17.8 Å². The molecule has 0 fully saturated rings. The van der Waals surface area contributed by atoms with Crippen LogP contribution in [0, 0.1) is 6.92 Å². The van der Waals surface area contributed by atoms with E-state index in [2.05, 4.69) is 20.6 Å². The minimum atomic E-state index is -0.347. The highest BCUT2D eigenvalue weighted by atomic mass is 16.3. The molecule has 7 heteroatoms. The lowest BCUT2D eigenvalue weighted by Gasteiger charge is -2.05. The average molecular weight is 297 g/mol. The second kappa shape index (κ2) is 5.90. The molecule has 2 heterocycles. The highest BCUT2D eigenvalue weighted by Gasteiger charge is 2.16. The molecule has 2 aromatic heterocycles. The van der Waals surface area contributed by atoms with E-state index >= 15 is 0 Å². The zero-order valence-electron chi connectivity index (χ0n) is 12.0. The Balaban J connectivity index is 1.97. The molecule has 0 saturated heterocycles. The molecule has 0 bridgehead atoms. The lowest BCUT2D eigenvalue weighted by Crippen LogP contribution is -2.27. The fourth-order valence-electron chi connectivity index (χ4n) is 2.23. The molecule has 7 nitrogen and oxygen atoms in total. The molecule has 1 amide bonds. The summed E-state index contributed by atoms with van der Waals surface area (Å²) in [5.74, 6) is -0.347. The maximum absolute atomic E-state index is 11.9. The van der Waals surface area contributed by atoms with Gasteiger partial charge in [-0.15, -0.1) is 5.10 Å². The smallest absolute Gasteiger partial charge is 0.273 e. The van der Waals surface area contributed by atoms with Gasteiger partial charge in [0.1, 0.15) is 0 Å². The molecule has 2 N–H and O–H groups in total. The van der Waals surface area contributed by atoms with Crippen molar-refractivity contribution < 1.29 is 9.90 Å². The van der Waals surface area contributed by atoms with Crippen molar-refractivity contribution in [3.05, 3.63) is 47.9 Å². The van der Waals surface area contributed by atoms with Crippen LogP contribution >= 0.6 is 0 Å². The number of pyridine rings is 1. The summed E-state index contributed by atoms with van der Waals surface area (Å²) in [6.45, 7) is 1.85. The Morgan fingerprint density at radius 1 is 1.36 bits per heavy atom. The number of aliphatic hydroxyl groups excluding tert-OH is 1. The van der Waals surface area contributed by atoms with E-state index in [0.717, 1.165) is 16.6 Å². The first-order chi connectivity index (χ1) is 10.7. The third-order valence-corrected chi connectivity index (χ3v) is 3.34. The molecule has 112 valence electrons. The highest BCUT2D eigenvalue weighted by Crippen LogP contribution is 2.18. The standard InChI is InChI=1S/C15H15N5O2/c1-10-14(15(22)17-7-8-21)18-19-20(10)12-4-5-13-11(9-12)3-2-6-16-13/h2-6,9,21H,7-8H2,1H3,(H,17,22). The number of benzene rings is 1. The van der Waals surface area contributed by atoms with Gasteiger partial charge >= 0.3 is 0 Å². The Morgan fingerprint density at radius 3 is 3.05 bits per heavy atom. The number of carbonyl (C=O) groups is 1. The quantitative estimate of drug-likeness (QED) is 0.744. The normalized spacial score (nSPS) is 10.8. The van der Waals surface area contributed by atoms with Gasteiger partial charge in [-0.1, -0.05) is 11.3 Å². The molecular formula is C15H15N5O2. The van der Waals surface area contributed by atoms with Gasteiger partial charge in [-0.3, -0.25) is 9.78 Å². The molecular weight excluding hydrogens is 282 g/mol. The summed E-state index contributed by atoms with van der Waals surface area (Å²) in [7, 11) is 0. The minimum absolute atomic E-state index is 0.114. The molecule has 0 unspecified atom stereocenters. The largest absolute Gasteiger partial charge is 0.395 e. The zero-order valence-corrected chi connectivity index (χ0v) is 12.0. The zero-order chi connectivity index (χ0) is 15.5. The molecule has 3 aromatic rings. The van der Waals surface area contributed by atoms with Crippen LogP contribution in [0.15, 0.2) is 36.5 Å². The van der Waals surface area contributed by atoms with Crippen molar-refractivity contribution in [2.24, 2.45) is 0 Å². The Morgan fingerprint density at radius 2 is 2.23 bits per heavy atom. The van der Waals surface area contributed by atoms with Gasteiger partial charge in [0.05, 0.1) is 23.5 Å². The summed E-state index contributed by atoms with van der Waals surface area (Å²) in [6.07, 6.45) is 1.74. The Kier molecular flexibility index (Phi) is 3.80. The average Bonchev–Trinajstić information content (AvgIpc) is 2.94. The van der Waals surface area contributed by atoms with Gasteiger partial charge < -0.3 is 10.4 Å². The predicted molar refractivity (Wildman–Crippen MR) is 80.8 cm³/mol. The molecule has 0 aliphatic carbocycles. The van der Waals surface area contributed by atoms with E-state index in [1.165, 1.54) is 0 Å². The molecule has 3 rings (SSSR count). The fourth-order valence-corrected chi connectivity index (χ4v) is 2.23. The van der Waals surface area contributed by atoms with Crippen molar-refractivity contribution in [2.45, 2.75) is 6.92 Å². The van der Waals surface area contributed by atoms with Gasteiger partial charge in [0.2, 0.25) is 0 Å². The third kappa shape index (κ3) is 2.53. The fraction of sp³-hybridized carbons (Fsp3) is 0.200. The second-order valence-corrected chi connectivity index (χ2v) is 4.80. The van der Waals surface area contributed by atoms with Crippen LogP contribution in [0.1, 0.15) is 16.2 Å². The van der Waals surface area contributed by atoms with Gasteiger partial charge in [0, 0.05) is 18.1 Å². The number of fused-ring (bicyclic) bond motifs is 1. The van der Waals surface area contributed by atoms with Crippen LogP contribution in [-0.2, 0) is 0 Å². The number of carbonyl (C=O) groups excluding carboxylic acids is 1. The Hall–Kier alpha value is -2.80. The van der Waals surface area contributed by atoms with Crippen LogP contribution in [0.5, 0.6) is 0 Å². The number of amides is 1. The summed E-state index contributed by atoms with van der Waals surface area (Å²) in [4.78, 5) is 16.2. The van der Waals surface area contributed by atoms with Crippen molar-refractivity contribution >= 4 is 16.8 Å². The van der Waals surface area contributed by atoms with Crippen LogP contribution in [-0.4, -0.2) is 44.1 Å². The first-order valence-electron chi connectivity index (χ1n) is 6.87. The Labute approximate surface area is 126 Å². The van der Waals surface area contributed by atoms with Gasteiger partial charge in [-0.25, -0.2) is 4.68 Å². The van der Waals surface area contributed by atoms with Crippen LogP contribution in [0.2, 0.25) is 0 Å². The number of aliphatic hydroxyl groups is 1. The molecule has 0 saturated carbocycles. The summed E-state index contributed by atoms with van der Waals surface area (Å²) in [5.41, 5.74) is 2.59. The van der Waals surface area contributed by atoms with Crippen LogP contribution in [0.4, 0.5) is 0 Å². The van der Waals surface area contributed by atoms with Crippen molar-refractivity contribution in [3.63, 3.8) is 0 Å². The summed E-state index contributed by atoms with van der Waals surface area (Å²) in [5, 5.41) is 20.3. The Bertz CT molecular complexity index is 828. The molecule has 0 atom stereocenters. The molecule has 0 spiro atoms. The van der Waals surface area contributed by atoms with Crippen LogP contribution in [0.25, 0.3) is 16.6 Å². The van der Waals surface area contributed by atoms with E-state index in [-0.39, 0.29) is 24.8 Å². The number of nitrogens with zero attached hydrogens (tertiary/aromatic N) is 4. The number of rotatable bonds is 4. The number of hydrogen-bond acceptors (Lipinski definition) is 5. The van der Waals surface area contributed by atoms with Crippen molar-refractivity contribution in [1.29, 1.82) is 0 Å². The van der Waals surface area contributed by atoms with Crippen LogP contribution in [0.3, 0.4) is 0 Å². The van der Waals surface area contributed by atoms with Crippen molar-refractivity contribution in [1.82, 2.24) is 25.3 Å². The first kappa shape index (κ1) is 14.2. The number of hydrogen-bond donors (Lipinski definition) is 2. The highest BCUT2D eigenvalue weighted by molar-refractivity contribution is 5.93. The molecule has 1 aromatic carbocycles. The number of nitrogens with one attached hydrogen (secondary N) is 1. The summed E-state index contributed by atoms with van der Waals surface area (Å²) >= 11 is 0. The van der Waals surface area contributed by atoms with Gasteiger partial charge in [-0.2, -0.15) is 0 Å². The van der Waals surface area contributed by atoms with Gasteiger partial charge in [-0.05, 0) is 31.2 Å². The van der Waals surface area contributed by atoms with Crippen molar-refractivity contribution in [2.75, 3.05) is 13.2 Å². The second-order valence-electron chi connectivity index (χ2n) is 4.80. The molecule has 0 radical (unpaired) electrons. The predicted octanol–water partition coefficient (Wildman–Crippen LogP) is 0.846. The molecule has 0 aliphatic rings. The number of aromatic nitrogens is 4. The summed E-state index contributed by atoms with van der Waals surface area (Å²) in [6, 6.07) is 9.56. The first-order valence-corrected chi connectivity index (χ1v) is 6.87. The van der Waals surface area contributed by atoms with E-state index in [1.807, 2.05) is 30.3 Å².